The van der Waals surface area contributed by atoms with Gasteiger partial charge in [-0.1, -0.05) is 43.7 Å². The van der Waals surface area contributed by atoms with E-state index in [1.165, 1.54) is 0 Å². The van der Waals surface area contributed by atoms with Gasteiger partial charge in [-0.25, -0.2) is 4.68 Å². The van der Waals surface area contributed by atoms with E-state index in [-0.39, 0.29) is 0 Å². The van der Waals surface area contributed by atoms with Crippen LogP contribution in [0.25, 0.3) is 0 Å². The predicted molar refractivity (Wildman–Crippen MR) is 72.4 cm³/mol. The van der Waals surface area contributed by atoms with Gasteiger partial charge in [-0.2, -0.15) is 5.10 Å². The van der Waals surface area contributed by atoms with Gasteiger partial charge in [0.2, 0.25) is 5.88 Å². The summed E-state index contributed by atoms with van der Waals surface area (Å²) in [4.78, 5) is 0. The smallest absolute Gasteiger partial charge is 0.236 e. The average Bonchev–Trinajstić information content (AvgIpc) is 2.64. The van der Waals surface area contributed by atoms with E-state index in [9.17, 15) is 0 Å². The predicted octanol–water partition coefficient (Wildman–Crippen LogP) is 2.53. The molecule has 0 spiro atoms. The minimum Gasteiger partial charge on any atom is -0.471 e. The molecular formula is C14H19N3O. The molecule has 0 amide bonds. The first-order valence-corrected chi connectivity index (χ1v) is 6.20. The van der Waals surface area contributed by atoms with Crippen LogP contribution in [0.5, 0.6) is 5.88 Å². The molecule has 0 saturated carbocycles. The molecule has 96 valence electrons. The SMILES string of the molecule is CCCc1nn(C)c(OCc2ccccc2)c1N. The minimum atomic E-state index is 0.510. The zero-order chi connectivity index (χ0) is 13.0. The summed E-state index contributed by atoms with van der Waals surface area (Å²) in [5.74, 6) is 0.655. The Balaban J connectivity index is 2.10. The van der Waals surface area contributed by atoms with E-state index in [0.717, 1.165) is 24.1 Å². The molecule has 0 aliphatic carbocycles. The number of nitrogen functional groups attached to an aromatic ring is 1. The van der Waals surface area contributed by atoms with Crippen LogP contribution >= 0.6 is 0 Å². The molecule has 0 aliphatic rings. The van der Waals surface area contributed by atoms with Crippen LogP contribution < -0.4 is 10.5 Å². The highest BCUT2D eigenvalue weighted by atomic mass is 16.5. The maximum absolute atomic E-state index is 6.05. The molecule has 0 unspecified atom stereocenters. The van der Waals surface area contributed by atoms with Crippen molar-refractivity contribution in [3.63, 3.8) is 0 Å². The highest BCUT2D eigenvalue weighted by molar-refractivity contribution is 5.53. The molecule has 2 rings (SSSR count). The first-order valence-electron chi connectivity index (χ1n) is 6.20. The Morgan fingerprint density at radius 3 is 2.67 bits per heavy atom. The lowest BCUT2D eigenvalue weighted by Gasteiger charge is -2.07. The number of hydrogen-bond acceptors (Lipinski definition) is 3. The number of aromatic nitrogens is 2. The zero-order valence-electron chi connectivity index (χ0n) is 10.9. The second kappa shape index (κ2) is 5.58. The summed E-state index contributed by atoms with van der Waals surface area (Å²) < 4.78 is 7.47. The molecule has 18 heavy (non-hydrogen) atoms. The van der Waals surface area contributed by atoms with Gasteiger partial charge in [-0.05, 0) is 12.0 Å². The van der Waals surface area contributed by atoms with E-state index in [1.807, 2.05) is 37.4 Å². The number of aryl methyl sites for hydroxylation is 2. The second-order valence-corrected chi connectivity index (χ2v) is 4.31. The summed E-state index contributed by atoms with van der Waals surface area (Å²) in [5.41, 5.74) is 8.75. The number of anilines is 1. The van der Waals surface area contributed by atoms with E-state index in [4.69, 9.17) is 10.5 Å². The van der Waals surface area contributed by atoms with Crippen LogP contribution in [0.15, 0.2) is 30.3 Å². The highest BCUT2D eigenvalue weighted by Gasteiger charge is 2.13. The van der Waals surface area contributed by atoms with E-state index >= 15 is 0 Å². The normalized spacial score (nSPS) is 10.6. The fourth-order valence-corrected chi connectivity index (χ4v) is 1.90. The Hall–Kier alpha value is -1.97. The third-order valence-corrected chi connectivity index (χ3v) is 2.81. The largest absolute Gasteiger partial charge is 0.471 e. The molecule has 4 heteroatoms. The van der Waals surface area contributed by atoms with Gasteiger partial charge in [0.25, 0.3) is 0 Å². The van der Waals surface area contributed by atoms with Crippen LogP contribution in [-0.2, 0) is 20.1 Å². The van der Waals surface area contributed by atoms with Crippen LogP contribution in [0.2, 0.25) is 0 Å². The van der Waals surface area contributed by atoms with E-state index in [2.05, 4.69) is 12.0 Å². The van der Waals surface area contributed by atoms with Crippen molar-refractivity contribution >= 4 is 5.69 Å². The van der Waals surface area contributed by atoms with Crippen molar-refractivity contribution < 1.29 is 4.74 Å². The summed E-state index contributed by atoms with van der Waals surface area (Å²) >= 11 is 0. The molecular weight excluding hydrogens is 226 g/mol. The Labute approximate surface area is 107 Å². The van der Waals surface area contributed by atoms with Gasteiger partial charge in [-0.3, -0.25) is 0 Å². The van der Waals surface area contributed by atoms with Crippen LogP contribution in [0.3, 0.4) is 0 Å². The van der Waals surface area contributed by atoms with Crippen molar-refractivity contribution in [1.82, 2.24) is 9.78 Å². The molecule has 0 radical (unpaired) electrons. The Morgan fingerprint density at radius 2 is 2.00 bits per heavy atom. The molecule has 0 fully saturated rings. The maximum Gasteiger partial charge on any atom is 0.236 e. The van der Waals surface area contributed by atoms with E-state index in [0.29, 0.717) is 18.2 Å². The lowest BCUT2D eigenvalue weighted by molar-refractivity contribution is 0.280. The summed E-state index contributed by atoms with van der Waals surface area (Å²) in [6.07, 6.45) is 1.91. The molecule has 1 aromatic carbocycles. The summed E-state index contributed by atoms with van der Waals surface area (Å²) in [6, 6.07) is 10.0. The molecule has 0 bridgehead atoms. The van der Waals surface area contributed by atoms with Crippen molar-refractivity contribution in [3.8, 4) is 5.88 Å². The van der Waals surface area contributed by atoms with Crippen LogP contribution in [0.1, 0.15) is 24.6 Å². The van der Waals surface area contributed by atoms with Gasteiger partial charge in [0.05, 0.1) is 5.69 Å². The van der Waals surface area contributed by atoms with Crippen molar-refractivity contribution in [2.45, 2.75) is 26.4 Å². The third kappa shape index (κ3) is 2.64. The number of benzene rings is 1. The van der Waals surface area contributed by atoms with Crippen LogP contribution in [-0.4, -0.2) is 9.78 Å². The fourth-order valence-electron chi connectivity index (χ4n) is 1.90. The standard InChI is InChI=1S/C14H19N3O/c1-3-7-12-13(15)14(17(2)16-12)18-10-11-8-5-4-6-9-11/h4-6,8-9H,3,7,10,15H2,1-2H3. The number of rotatable bonds is 5. The molecule has 2 N–H and O–H groups in total. The van der Waals surface area contributed by atoms with E-state index < -0.39 is 0 Å². The Bertz CT molecular complexity index is 505. The van der Waals surface area contributed by atoms with Crippen molar-refractivity contribution in [1.29, 1.82) is 0 Å². The first kappa shape index (κ1) is 12.5. The topological polar surface area (TPSA) is 53.1 Å². The van der Waals surface area contributed by atoms with Crippen LogP contribution in [0, 0.1) is 0 Å². The second-order valence-electron chi connectivity index (χ2n) is 4.31. The Morgan fingerprint density at radius 1 is 1.28 bits per heavy atom. The monoisotopic (exact) mass is 245 g/mol. The number of nitrogens with two attached hydrogens (primary N) is 1. The number of hydrogen-bond donors (Lipinski definition) is 1. The summed E-state index contributed by atoms with van der Waals surface area (Å²) in [7, 11) is 1.86. The molecule has 1 heterocycles. The van der Waals surface area contributed by atoms with Gasteiger partial charge < -0.3 is 10.5 Å². The van der Waals surface area contributed by atoms with Gasteiger partial charge in [0, 0.05) is 7.05 Å². The van der Waals surface area contributed by atoms with Crippen LogP contribution in [0.4, 0.5) is 5.69 Å². The molecule has 0 atom stereocenters. The van der Waals surface area contributed by atoms with Gasteiger partial charge in [0.1, 0.15) is 12.3 Å². The lowest BCUT2D eigenvalue weighted by atomic mass is 10.2. The minimum absolute atomic E-state index is 0.510. The van der Waals surface area contributed by atoms with Crippen molar-refractivity contribution in [3.05, 3.63) is 41.6 Å². The molecule has 0 saturated heterocycles. The van der Waals surface area contributed by atoms with Gasteiger partial charge in [-0.15, -0.1) is 0 Å². The maximum atomic E-state index is 6.05. The summed E-state index contributed by atoms with van der Waals surface area (Å²) in [6.45, 7) is 2.62. The van der Waals surface area contributed by atoms with Gasteiger partial charge in [0.15, 0.2) is 0 Å². The molecule has 4 nitrogen and oxygen atoms in total. The molecule has 2 aromatic rings. The van der Waals surface area contributed by atoms with Gasteiger partial charge >= 0.3 is 0 Å². The van der Waals surface area contributed by atoms with Crippen molar-refractivity contribution in [2.75, 3.05) is 5.73 Å². The van der Waals surface area contributed by atoms with E-state index in [1.54, 1.807) is 4.68 Å². The van der Waals surface area contributed by atoms with Crippen molar-refractivity contribution in [2.24, 2.45) is 7.05 Å². The third-order valence-electron chi connectivity index (χ3n) is 2.81. The highest BCUT2D eigenvalue weighted by Crippen LogP contribution is 2.26. The average molecular weight is 245 g/mol. The summed E-state index contributed by atoms with van der Waals surface area (Å²) in [5, 5.41) is 4.38. The molecule has 1 aromatic heterocycles. The lowest BCUT2D eigenvalue weighted by Crippen LogP contribution is -2.02. The quantitative estimate of drug-likeness (QED) is 0.880. The fraction of sp³-hybridized carbons (Fsp3) is 0.357. The number of ether oxygens (including phenoxy) is 1. The Kier molecular flexibility index (Phi) is 3.87. The number of nitrogens with zero attached hydrogens (tertiary/aromatic N) is 2. The zero-order valence-corrected chi connectivity index (χ0v) is 10.9. The first-order chi connectivity index (χ1) is 8.72. The molecule has 0 aliphatic heterocycles.